The van der Waals surface area contributed by atoms with Crippen LogP contribution in [0.3, 0.4) is 0 Å². The summed E-state index contributed by atoms with van der Waals surface area (Å²) in [6, 6.07) is 12.6. The summed E-state index contributed by atoms with van der Waals surface area (Å²) in [5.41, 5.74) is 1.21. The lowest BCUT2D eigenvalue weighted by atomic mass is 9.96. The van der Waals surface area contributed by atoms with Gasteiger partial charge in [0.2, 0.25) is 10.0 Å². The van der Waals surface area contributed by atoms with Gasteiger partial charge in [0.05, 0.1) is 28.8 Å². The van der Waals surface area contributed by atoms with Crippen LogP contribution in [0.1, 0.15) is 28.8 Å². The fourth-order valence-corrected chi connectivity index (χ4v) is 5.92. The Morgan fingerprint density at radius 2 is 1.73 bits per heavy atom. The fraction of sp³-hybridized carbons (Fsp3) is 0.381. The molecule has 2 aromatic carbocycles. The highest BCUT2D eigenvalue weighted by atomic mass is 35.5. The third-order valence-corrected chi connectivity index (χ3v) is 8.36. The number of carbonyl (C=O) groups excluding carboxylic acids is 1. The molecule has 1 saturated carbocycles. The van der Waals surface area contributed by atoms with E-state index in [2.05, 4.69) is 17.4 Å². The maximum atomic E-state index is 13.0. The lowest BCUT2D eigenvalue weighted by Gasteiger charge is -2.26. The van der Waals surface area contributed by atoms with Gasteiger partial charge in [-0.05, 0) is 30.5 Å². The first-order valence-corrected chi connectivity index (χ1v) is 11.9. The van der Waals surface area contributed by atoms with Crippen molar-refractivity contribution in [2.75, 3.05) is 32.8 Å². The molecule has 2 fully saturated rings. The summed E-state index contributed by atoms with van der Waals surface area (Å²) in [5.74, 6) is -0.419. The summed E-state index contributed by atoms with van der Waals surface area (Å²) in [4.78, 5) is 12.8. The number of halogens is 2. The Morgan fingerprint density at radius 1 is 1.07 bits per heavy atom. The van der Waals surface area contributed by atoms with E-state index in [0.717, 1.165) is 12.8 Å². The summed E-state index contributed by atoms with van der Waals surface area (Å²) >= 11 is 12.4. The molecular weight excluding hydrogens is 447 g/mol. The Morgan fingerprint density at radius 3 is 2.37 bits per heavy atom. The van der Waals surface area contributed by atoms with Crippen LogP contribution in [0.4, 0.5) is 0 Å². The fourth-order valence-electron chi connectivity index (χ4n) is 3.68. The van der Waals surface area contributed by atoms with Crippen LogP contribution in [-0.4, -0.2) is 51.5 Å². The maximum Gasteiger partial charge on any atom is 0.252 e. The monoisotopic (exact) mass is 468 g/mol. The van der Waals surface area contributed by atoms with Crippen molar-refractivity contribution in [3.8, 4) is 0 Å². The van der Waals surface area contributed by atoms with Crippen LogP contribution in [0, 0.1) is 0 Å². The molecule has 1 saturated heterocycles. The summed E-state index contributed by atoms with van der Waals surface area (Å²) in [6.45, 7) is 1.57. The number of rotatable bonds is 6. The summed E-state index contributed by atoms with van der Waals surface area (Å²) in [7, 11) is -3.86. The number of hydrogen-bond acceptors (Lipinski definition) is 4. The number of carbonyl (C=O) groups is 1. The van der Waals surface area contributed by atoms with E-state index in [-0.39, 0.29) is 39.0 Å². The first kappa shape index (κ1) is 21.6. The molecule has 2 aliphatic rings. The number of morpholine rings is 1. The van der Waals surface area contributed by atoms with Crippen LogP contribution in [0.5, 0.6) is 0 Å². The molecule has 0 bridgehead atoms. The average Bonchev–Trinajstić information content (AvgIpc) is 3.54. The number of hydrogen-bond donors (Lipinski definition) is 1. The Balaban J connectivity index is 1.55. The van der Waals surface area contributed by atoms with Crippen molar-refractivity contribution in [3.63, 3.8) is 0 Å². The molecule has 9 heteroatoms. The van der Waals surface area contributed by atoms with Crippen LogP contribution in [0.15, 0.2) is 47.4 Å². The first-order chi connectivity index (χ1) is 14.3. The molecular formula is C21H22Cl2N2O4S. The molecule has 160 valence electrons. The summed E-state index contributed by atoms with van der Waals surface area (Å²) in [5, 5.41) is 3.03. The van der Waals surface area contributed by atoms with Gasteiger partial charge in [0.15, 0.2) is 0 Å². The van der Waals surface area contributed by atoms with E-state index in [9.17, 15) is 13.2 Å². The van der Waals surface area contributed by atoms with E-state index < -0.39 is 15.9 Å². The molecule has 4 rings (SSSR count). The Bertz CT molecular complexity index is 1050. The van der Waals surface area contributed by atoms with Crippen LogP contribution >= 0.6 is 23.2 Å². The average molecular weight is 469 g/mol. The van der Waals surface area contributed by atoms with Crippen molar-refractivity contribution in [1.82, 2.24) is 9.62 Å². The molecule has 2 aromatic rings. The predicted octanol–water partition coefficient (Wildman–Crippen LogP) is 3.48. The van der Waals surface area contributed by atoms with Crippen molar-refractivity contribution in [1.29, 1.82) is 0 Å². The van der Waals surface area contributed by atoms with Gasteiger partial charge < -0.3 is 10.1 Å². The second kappa shape index (κ2) is 8.48. The molecule has 1 aliphatic carbocycles. The van der Waals surface area contributed by atoms with E-state index in [4.69, 9.17) is 27.9 Å². The lowest BCUT2D eigenvalue weighted by Crippen LogP contribution is -2.40. The smallest absolute Gasteiger partial charge is 0.252 e. The van der Waals surface area contributed by atoms with Gasteiger partial charge in [-0.25, -0.2) is 8.42 Å². The molecule has 1 aliphatic heterocycles. The van der Waals surface area contributed by atoms with Crippen LogP contribution in [0.2, 0.25) is 10.0 Å². The molecule has 0 spiro atoms. The topological polar surface area (TPSA) is 75.7 Å². The zero-order valence-corrected chi connectivity index (χ0v) is 18.6. The van der Waals surface area contributed by atoms with Crippen LogP contribution in [0.25, 0.3) is 0 Å². The highest BCUT2D eigenvalue weighted by Crippen LogP contribution is 2.47. The third kappa shape index (κ3) is 4.22. The Hall–Kier alpha value is -1.64. The van der Waals surface area contributed by atoms with E-state index in [1.54, 1.807) is 0 Å². The molecule has 6 nitrogen and oxygen atoms in total. The molecule has 0 radical (unpaired) electrons. The largest absolute Gasteiger partial charge is 0.379 e. The number of amides is 1. The van der Waals surface area contributed by atoms with E-state index in [1.807, 2.05) is 18.2 Å². The molecule has 1 heterocycles. The SMILES string of the molecule is O=C(NCC1(c2ccccc2)CC1)c1cc(S(=O)(=O)N2CCOCC2)c(Cl)cc1Cl. The van der Waals surface area contributed by atoms with Crippen molar-refractivity contribution < 1.29 is 17.9 Å². The van der Waals surface area contributed by atoms with Gasteiger partial charge in [0.1, 0.15) is 4.90 Å². The standard InChI is InChI=1S/C21H22Cl2N2O4S/c22-17-13-18(23)19(30(27,28)25-8-10-29-11-9-25)12-16(17)20(26)24-14-21(6-7-21)15-4-2-1-3-5-15/h1-5,12-13H,6-11,14H2,(H,24,26). The van der Waals surface area contributed by atoms with Gasteiger partial charge in [0.25, 0.3) is 5.91 Å². The quantitative estimate of drug-likeness (QED) is 0.703. The van der Waals surface area contributed by atoms with E-state index >= 15 is 0 Å². The maximum absolute atomic E-state index is 13.0. The predicted molar refractivity (Wildman–Crippen MR) is 116 cm³/mol. The number of ether oxygens (including phenoxy) is 1. The number of nitrogens with one attached hydrogen (secondary N) is 1. The second-order valence-corrected chi connectivity index (χ2v) is 10.3. The molecule has 0 atom stereocenters. The zero-order valence-electron chi connectivity index (χ0n) is 16.2. The summed E-state index contributed by atoms with van der Waals surface area (Å²) < 4.78 is 32.6. The van der Waals surface area contributed by atoms with Crippen molar-refractivity contribution >= 4 is 39.1 Å². The van der Waals surface area contributed by atoms with Crippen molar-refractivity contribution in [3.05, 3.63) is 63.6 Å². The molecule has 30 heavy (non-hydrogen) atoms. The Labute approximate surface area is 186 Å². The molecule has 0 unspecified atom stereocenters. The van der Waals surface area contributed by atoms with E-state index in [1.165, 1.54) is 22.0 Å². The van der Waals surface area contributed by atoms with Gasteiger partial charge in [-0.2, -0.15) is 4.31 Å². The highest BCUT2D eigenvalue weighted by Gasteiger charge is 2.44. The van der Waals surface area contributed by atoms with Crippen LogP contribution in [-0.2, 0) is 20.2 Å². The van der Waals surface area contributed by atoms with Gasteiger partial charge in [-0.15, -0.1) is 0 Å². The molecule has 1 amide bonds. The minimum atomic E-state index is -3.86. The summed E-state index contributed by atoms with van der Waals surface area (Å²) in [6.07, 6.45) is 1.98. The Kier molecular flexibility index (Phi) is 6.10. The van der Waals surface area contributed by atoms with Gasteiger partial charge in [-0.1, -0.05) is 53.5 Å². The van der Waals surface area contributed by atoms with Gasteiger partial charge in [-0.3, -0.25) is 4.79 Å². The number of nitrogens with zero attached hydrogens (tertiary/aromatic N) is 1. The van der Waals surface area contributed by atoms with Gasteiger partial charge in [0, 0.05) is 25.0 Å². The van der Waals surface area contributed by atoms with E-state index in [0.29, 0.717) is 19.8 Å². The first-order valence-electron chi connectivity index (χ1n) is 9.74. The highest BCUT2D eigenvalue weighted by molar-refractivity contribution is 7.89. The minimum absolute atomic E-state index is 0.00834. The van der Waals surface area contributed by atoms with Crippen molar-refractivity contribution in [2.24, 2.45) is 0 Å². The lowest BCUT2D eigenvalue weighted by molar-refractivity contribution is 0.0730. The third-order valence-electron chi connectivity index (χ3n) is 5.68. The molecule has 1 N–H and O–H groups in total. The van der Waals surface area contributed by atoms with Gasteiger partial charge >= 0.3 is 0 Å². The van der Waals surface area contributed by atoms with Crippen LogP contribution < -0.4 is 5.32 Å². The minimum Gasteiger partial charge on any atom is -0.379 e. The number of benzene rings is 2. The zero-order chi connectivity index (χ0) is 21.4. The normalized spacial score (nSPS) is 18.7. The second-order valence-electron chi connectivity index (χ2n) is 7.61. The molecule has 0 aromatic heterocycles. The van der Waals surface area contributed by atoms with Crippen molar-refractivity contribution in [2.45, 2.75) is 23.2 Å². The number of sulfonamides is 1.